The minimum Gasteiger partial charge on any atom is -0.493 e. The molecule has 0 N–H and O–H groups in total. The monoisotopic (exact) mass is 262 g/mol. The molecular formula is C15H18O4. The van der Waals surface area contributed by atoms with E-state index in [1.807, 2.05) is 19.9 Å². The first kappa shape index (κ1) is 13.6. The Kier molecular flexibility index (Phi) is 3.88. The molecule has 19 heavy (non-hydrogen) atoms. The molecule has 1 atom stereocenters. The molecule has 0 radical (unpaired) electrons. The largest absolute Gasteiger partial charge is 0.493 e. The number of methoxy groups -OCH3 is 1. The number of ether oxygens (including phenoxy) is 2. The van der Waals surface area contributed by atoms with Crippen LogP contribution >= 0.6 is 0 Å². The number of benzene rings is 1. The Hall–Kier alpha value is -1.84. The summed E-state index contributed by atoms with van der Waals surface area (Å²) in [6.45, 7) is 4.34. The average Bonchev–Trinajstić information content (AvgIpc) is 2.85. The molecule has 2 rings (SSSR count). The van der Waals surface area contributed by atoms with Crippen molar-refractivity contribution < 1.29 is 19.1 Å². The Labute approximate surface area is 112 Å². The van der Waals surface area contributed by atoms with Crippen molar-refractivity contribution in [2.45, 2.75) is 20.3 Å². The number of hydrogen-bond donors (Lipinski definition) is 0. The molecular weight excluding hydrogens is 244 g/mol. The summed E-state index contributed by atoms with van der Waals surface area (Å²) in [6, 6.07) is 5.33. The lowest BCUT2D eigenvalue weighted by atomic mass is 9.87. The Morgan fingerprint density at radius 2 is 2.05 bits per heavy atom. The highest BCUT2D eigenvalue weighted by atomic mass is 16.5. The minimum absolute atomic E-state index is 0.0931. The van der Waals surface area contributed by atoms with Crippen molar-refractivity contribution in [1.29, 1.82) is 0 Å². The van der Waals surface area contributed by atoms with Crippen molar-refractivity contribution in [3.8, 4) is 5.75 Å². The molecule has 0 amide bonds. The molecule has 0 aliphatic carbocycles. The van der Waals surface area contributed by atoms with Crippen LogP contribution < -0.4 is 4.74 Å². The van der Waals surface area contributed by atoms with E-state index in [0.717, 1.165) is 17.7 Å². The fourth-order valence-electron chi connectivity index (χ4n) is 2.33. The van der Waals surface area contributed by atoms with Crippen LogP contribution in [-0.4, -0.2) is 25.5 Å². The molecule has 1 unspecified atom stereocenters. The Morgan fingerprint density at radius 1 is 1.32 bits per heavy atom. The number of carbonyl (C=O) groups excluding carboxylic acids is 2. The highest BCUT2D eigenvalue weighted by molar-refractivity contribution is 6.09. The summed E-state index contributed by atoms with van der Waals surface area (Å²) in [5.74, 6) is -0.668. The standard InChI is InChI=1S/C15H18O4/c1-9(2)13(15(17)18-3)14(16)11-4-5-12-10(8-11)6-7-19-12/h4-5,8-9,13H,6-7H2,1-3H3. The van der Waals surface area contributed by atoms with Gasteiger partial charge in [0.2, 0.25) is 0 Å². The molecule has 0 fully saturated rings. The van der Waals surface area contributed by atoms with E-state index < -0.39 is 11.9 Å². The second kappa shape index (κ2) is 5.43. The normalized spacial score (nSPS) is 14.7. The number of carbonyl (C=O) groups is 2. The number of fused-ring (bicyclic) bond motifs is 1. The summed E-state index contributed by atoms with van der Waals surface area (Å²) in [5, 5.41) is 0. The Morgan fingerprint density at radius 3 is 2.68 bits per heavy atom. The van der Waals surface area contributed by atoms with Crippen molar-refractivity contribution in [2.75, 3.05) is 13.7 Å². The number of esters is 1. The number of hydrogen-bond acceptors (Lipinski definition) is 4. The molecule has 102 valence electrons. The van der Waals surface area contributed by atoms with Gasteiger partial charge >= 0.3 is 5.97 Å². The molecule has 0 spiro atoms. The van der Waals surface area contributed by atoms with Gasteiger partial charge in [-0.25, -0.2) is 0 Å². The van der Waals surface area contributed by atoms with Crippen LogP contribution in [0.4, 0.5) is 0 Å². The van der Waals surface area contributed by atoms with Crippen LogP contribution in [0.3, 0.4) is 0 Å². The molecule has 1 aliphatic heterocycles. The van der Waals surface area contributed by atoms with Gasteiger partial charge in [-0.2, -0.15) is 0 Å². The van der Waals surface area contributed by atoms with E-state index in [9.17, 15) is 9.59 Å². The average molecular weight is 262 g/mol. The molecule has 1 aliphatic rings. The van der Waals surface area contributed by atoms with E-state index in [-0.39, 0.29) is 11.7 Å². The lowest BCUT2D eigenvalue weighted by Gasteiger charge is -2.17. The first-order valence-electron chi connectivity index (χ1n) is 6.42. The van der Waals surface area contributed by atoms with Crippen molar-refractivity contribution in [1.82, 2.24) is 0 Å². The van der Waals surface area contributed by atoms with Gasteiger partial charge in [0.15, 0.2) is 5.78 Å². The van der Waals surface area contributed by atoms with E-state index >= 15 is 0 Å². The maximum Gasteiger partial charge on any atom is 0.316 e. The smallest absolute Gasteiger partial charge is 0.316 e. The number of rotatable bonds is 4. The third-order valence-electron chi connectivity index (χ3n) is 3.38. The van der Waals surface area contributed by atoms with Crippen LogP contribution in [0.1, 0.15) is 29.8 Å². The van der Waals surface area contributed by atoms with E-state index in [1.54, 1.807) is 12.1 Å². The van der Waals surface area contributed by atoms with Gasteiger partial charge in [0, 0.05) is 12.0 Å². The molecule has 0 aromatic heterocycles. The highest BCUT2D eigenvalue weighted by Gasteiger charge is 2.32. The van der Waals surface area contributed by atoms with Gasteiger partial charge < -0.3 is 9.47 Å². The lowest BCUT2D eigenvalue weighted by molar-refractivity contribution is -0.144. The molecule has 1 heterocycles. The van der Waals surface area contributed by atoms with E-state index in [4.69, 9.17) is 9.47 Å². The first-order chi connectivity index (χ1) is 9.04. The fraction of sp³-hybridized carbons (Fsp3) is 0.467. The highest BCUT2D eigenvalue weighted by Crippen LogP contribution is 2.28. The van der Waals surface area contributed by atoms with Gasteiger partial charge in [0.05, 0.1) is 13.7 Å². The van der Waals surface area contributed by atoms with Crippen LogP contribution in [0.5, 0.6) is 5.75 Å². The SMILES string of the molecule is COC(=O)C(C(=O)c1ccc2c(c1)CCO2)C(C)C. The van der Waals surface area contributed by atoms with E-state index in [1.165, 1.54) is 7.11 Å². The topological polar surface area (TPSA) is 52.6 Å². The zero-order valence-corrected chi connectivity index (χ0v) is 11.4. The van der Waals surface area contributed by atoms with Gasteiger partial charge in [-0.1, -0.05) is 13.8 Å². The summed E-state index contributed by atoms with van der Waals surface area (Å²) >= 11 is 0. The predicted octanol–water partition coefficient (Wildman–Crippen LogP) is 2.25. The van der Waals surface area contributed by atoms with Crippen molar-refractivity contribution >= 4 is 11.8 Å². The molecule has 4 heteroatoms. The summed E-state index contributed by atoms with van der Waals surface area (Å²) in [6.07, 6.45) is 0.807. The van der Waals surface area contributed by atoms with Gasteiger partial charge in [0.25, 0.3) is 0 Å². The zero-order valence-electron chi connectivity index (χ0n) is 11.4. The van der Waals surface area contributed by atoms with Crippen LogP contribution in [0, 0.1) is 11.8 Å². The van der Waals surface area contributed by atoms with Gasteiger partial charge in [-0.15, -0.1) is 0 Å². The van der Waals surface area contributed by atoms with Crippen LogP contribution in [-0.2, 0) is 16.0 Å². The van der Waals surface area contributed by atoms with Crippen molar-refractivity contribution in [2.24, 2.45) is 11.8 Å². The zero-order chi connectivity index (χ0) is 14.0. The first-order valence-corrected chi connectivity index (χ1v) is 6.42. The quantitative estimate of drug-likeness (QED) is 0.474. The van der Waals surface area contributed by atoms with Crippen molar-refractivity contribution in [3.63, 3.8) is 0 Å². The predicted molar refractivity (Wildman–Crippen MR) is 70.3 cm³/mol. The minimum atomic E-state index is -0.745. The van der Waals surface area contributed by atoms with Crippen LogP contribution in [0.25, 0.3) is 0 Å². The maximum atomic E-state index is 12.4. The fourth-order valence-corrected chi connectivity index (χ4v) is 2.33. The van der Waals surface area contributed by atoms with E-state index in [2.05, 4.69) is 0 Å². The van der Waals surface area contributed by atoms with Gasteiger partial charge in [0.1, 0.15) is 11.7 Å². The summed E-state index contributed by atoms with van der Waals surface area (Å²) < 4.78 is 10.1. The Bertz CT molecular complexity index is 505. The molecule has 4 nitrogen and oxygen atoms in total. The van der Waals surface area contributed by atoms with E-state index in [0.29, 0.717) is 12.2 Å². The summed E-state index contributed by atoms with van der Waals surface area (Å²) in [4.78, 5) is 24.2. The lowest BCUT2D eigenvalue weighted by Crippen LogP contribution is -2.30. The molecule has 0 saturated heterocycles. The Balaban J connectivity index is 2.29. The molecule has 0 bridgehead atoms. The van der Waals surface area contributed by atoms with Gasteiger partial charge in [-0.3, -0.25) is 9.59 Å². The molecule has 1 aromatic rings. The van der Waals surface area contributed by atoms with Crippen LogP contribution in [0.2, 0.25) is 0 Å². The second-order valence-electron chi connectivity index (χ2n) is 5.03. The molecule has 1 aromatic carbocycles. The summed E-state index contributed by atoms with van der Waals surface area (Å²) in [7, 11) is 1.31. The van der Waals surface area contributed by atoms with Crippen molar-refractivity contribution in [3.05, 3.63) is 29.3 Å². The maximum absolute atomic E-state index is 12.4. The molecule has 0 saturated carbocycles. The number of Topliss-reactive ketones (excluding diaryl/α,β-unsaturated/α-hetero) is 1. The summed E-state index contributed by atoms with van der Waals surface area (Å²) in [5.41, 5.74) is 1.58. The third-order valence-corrected chi connectivity index (χ3v) is 3.38. The van der Waals surface area contributed by atoms with Crippen LogP contribution in [0.15, 0.2) is 18.2 Å². The van der Waals surface area contributed by atoms with Gasteiger partial charge in [-0.05, 0) is 29.7 Å². The third kappa shape index (κ3) is 2.62. The number of ketones is 1. The second-order valence-corrected chi connectivity index (χ2v) is 5.03.